The molecule has 2 aromatic heterocycles. The summed E-state index contributed by atoms with van der Waals surface area (Å²) in [6.45, 7) is 0. The maximum atomic E-state index is 5.12. The van der Waals surface area contributed by atoms with E-state index < -0.39 is 0 Å². The summed E-state index contributed by atoms with van der Waals surface area (Å²) in [5.74, 6) is 0. The van der Waals surface area contributed by atoms with Crippen molar-refractivity contribution in [1.82, 2.24) is 9.38 Å². The highest BCUT2D eigenvalue weighted by Crippen LogP contribution is 2.49. The topological polar surface area (TPSA) is 17.3 Å². The van der Waals surface area contributed by atoms with Gasteiger partial charge < -0.3 is 0 Å². The number of benzene rings is 5. The van der Waals surface area contributed by atoms with Crippen LogP contribution in [0, 0.1) is 0 Å². The first-order chi connectivity index (χ1) is 17.4. The molecule has 0 atom stereocenters. The van der Waals surface area contributed by atoms with Gasteiger partial charge in [0.15, 0.2) is 0 Å². The van der Waals surface area contributed by atoms with Gasteiger partial charge in [0.1, 0.15) is 5.65 Å². The minimum atomic E-state index is 0.986. The van der Waals surface area contributed by atoms with Crippen LogP contribution in [0.5, 0.6) is 0 Å². The first-order valence-electron chi connectivity index (χ1n) is 12.3. The van der Waals surface area contributed by atoms with E-state index in [0.29, 0.717) is 0 Å². The molecule has 2 aliphatic rings. The van der Waals surface area contributed by atoms with Gasteiger partial charge in [-0.05, 0) is 87.0 Å². The van der Waals surface area contributed by atoms with E-state index in [1.807, 2.05) is 0 Å². The summed E-state index contributed by atoms with van der Waals surface area (Å²) in [7, 11) is 0. The molecule has 0 amide bonds. The molecule has 0 fully saturated rings. The Hall–Kier alpha value is -4.43. The molecule has 0 aliphatic heterocycles. The van der Waals surface area contributed by atoms with Gasteiger partial charge >= 0.3 is 0 Å². The molecule has 0 saturated heterocycles. The zero-order valence-corrected chi connectivity index (χ0v) is 19.0. The molecular formula is C33H20N2. The summed E-state index contributed by atoms with van der Waals surface area (Å²) >= 11 is 0. The molecule has 162 valence electrons. The third kappa shape index (κ3) is 2.14. The molecule has 0 spiro atoms. The van der Waals surface area contributed by atoms with Gasteiger partial charge in [-0.3, -0.25) is 4.40 Å². The van der Waals surface area contributed by atoms with E-state index in [1.54, 1.807) is 0 Å². The fourth-order valence-electron chi connectivity index (χ4n) is 6.81. The van der Waals surface area contributed by atoms with E-state index in [-0.39, 0.29) is 0 Å². The Morgan fingerprint density at radius 1 is 0.514 bits per heavy atom. The summed E-state index contributed by atoms with van der Waals surface area (Å²) in [5.41, 5.74) is 16.0. The van der Waals surface area contributed by atoms with Crippen LogP contribution in [0.1, 0.15) is 22.3 Å². The Morgan fingerprint density at radius 2 is 1.20 bits per heavy atom. The Kier molecular flexibility index (Phi) is 3.16. The van der Waals surface area contributed by atoms with Crippen LogP contribution in [0.3, 0.4) is 0 Å². The van der Waals surface area contributed by atoms with Crippen molar-refractivity contribution in [1.29, 1.82) is 0 Å². The Bertz CT molecular complexity index is 2060. The third-order valence-electron chi connectivity index (χ3n) is 8.28. The number of fused-ring (bicyclic) bond motifs is 16. The van der Waals surface area contributed by atoms with Crippen LogP contribution in [0.2, 0.25) is 0 Å². The summed E-state index contributed by atoms with van der Waals surface area (Å²) in [4.78, 5) is 5.12. The Labute approximate surface area is 202 Å². The quantitative estimate of drug-likeness (QED) is 0.217. The molecule has 2 nitrogen and oxygen atoms in total. The zero-order chi connectivity index (χ0) is 22.7. The maximum absolute atomic E-state index is 5.12. The van der Waals surface area contributed by atoms with E-state index in [1.165, 1.54) is 71.7 Å². The molecule has 0 bridgehead atoms. The number of imidazole rings is 1. The van der Waals surface area contributed by atoms with Gasteiger partial charge in [0.25, 0.3) is 0 Å². The van der Waals surface area contributed by atoms with Crippen LogP contribution >= 0.6 is 0 Å². The smallest absolute Gasteiger partial charge is 0.146 e. The van der Waals surface area contributed by atoms with E-state index in [9.17, 15) is 0 Å². The molecular weight excluding hydrogens is 424 g/mol. The van der Waals surface area contributed by atoms with Crippen LogP contribution in [-0.4, -0.2) is 9.38 Å². The second kappa shape index (κ2) is 6.17. The zero-order valence-electron chi connectivity index (χ0n) is 19.0. The van der Waals surface area contributed by atoms with Crippen molar-refractivity contribution in [3.63, 3.8) is 0 Å². The summed E-state index contributed by atoms with van der Waals surface area (Å²) < 4.78 is 2.34. The summed E-state index contributed by atoms with van der Waals surface area (Å²) in [6, 6.07) is 35.6. The predicted octanol–water partition coefficient (Wildman–Crippen LogP) is 7.94. The molecule has 0 N–H and O–H groups in total. The minimum absolute atomic E-state index is 0.986. The van der Waals surface area contributed by atoms with Crippen molar-refractivity contribution in [3.8, 4) is 22.3 Å². The molecule has 35 heavy (non-hydrogen) atoms. The number of hydrogen-bond acceptors (Lipinski definition) is 1. The average Bonchev–Trinajstić information content (AvgIpc) is 3.59. The monoisotopic (exact) mass is 444 g/mol. The van der Waals surface area contributed by atoms with Gasteiger partial charge in [-0.25, -0.2) is 4.98 Å². The molecule has 0 unspecified atom stereocenters. The van der Waals surface area contributed by atoms with Crippen LogP contribution < -0.4 is 0 Å². The highest BCUT2D eigenvalue weighted by atomic mass is 15.0. The van der Waals surface area contributed by atoms with Crippen molar-refractivity contribution >= 4 is 38.4 Å². The molecule has 0 saturated carbocycles. The summed E-state index contributed by atoms with van der Waals surface area (Å²) in [5, 5.41) is 3.91. The number of nitrogens with zero attached hydrogens (tertiary/aromatic N) is 2. The lowest BCUT2D eigenvalue weighted by atomic mass is 9.96. The lowest BCUT2D eigenvalue weighted by molar-refractivity contribution is 1.17. The largest absolute Gasteiger partial charge is 0.292 e. The van der Waals surface area contributed by atoms with Gasteiger partial charge in [-0.15, -0.1) is 0 Å². The van der Waals surface area contributed by atoms with Gasteiger partial charge in [0.05, 0.1) is 16.6 Å². The van der Waals surface area contributed by atoms with Gasteiger partial charge in [0.2, 0.25) is 0 Å². The normalized spacial score (nSPS) is 13.5. The fourth-order valence-corrected chi connectivity index (χ4v) is 6.81. The minimum Gasteiger partial charge on any atom is -0.292 e. The number of aromatic nitrogens is 2. The number of rotatable bonds is 0. The molecule has 2 aliphatic carbocycles. The second-order valence-electron chi connectivity index (χ2n) is 9.92. The van der Waals surface area contributed by atoms with E-state index in [2.05, 4.69) is 101 Å². The second-order valence-corrected chi connectivity index (χ2v) is 9.92. The van der Waals surface area contributed by atoms with Crippen LogP contribution in [-0.2, 0) is 12.8 Å². The van der Waals surface area contributed by atoms with E-state index >= 15 is 0 Å². The molecule has 2 heteroatoms. The fraction of sp³-hybridized carbons (Fsp3) is 0.0606. The molecule has 9 rings (SSSR count). The van der Waals surface area contributed by atoms with E-state index in [4.69, 9.17) is 4.98 Å². The van der Waals surface area contributed by atoms with Gasteiger partial charge in [0, 0.05) is 10.8 Å². The summed E-state index contributed by atoms with van der Waals surface area (Å²) in [6.07, 6.45) is 2.02. The van der Waals surface area contributed by atoms with Crippen molar-refractivity contribution in [3.05, 3.63) is 119 Å². The van der Waals surface area contributed by atoms with Crippen molar-refractivity contribution in [2.45, 2.75) is 12.8 Å². The molecule has 5 aromatic carbocycles. The van der Waals surface area contributed by atoms with Crippen molar-refractivity contribution in [2.24, 2.45) is 0 Å². The highest BCUT2D eigenvalue weighted by molar-refractivity contribution is 6.17. The first-order valence-corrected chi connectivity index (χ1v) is 12.3. The van der Waals surface area contributed by atoms with Crippen molar-refractivity contribution < 1.29 is 0 Å². The molecule has 7 aromatic rings. The maximum Gasteiger partial charge on any atom is 0.146 e. The van der Waals surface area contributed by atoms with Gasteiger partial charge in [-0.1, -0.05) is 72.8 Å². The SMILES string of the molecule is c1ccc2c(c1)Cc1c-2ccc2c1Cc1c-2ccc2c1c1ccccc1n1c3ccccc3nc21. The molecule has 2 heterocycles. The number of pyridine rings is 1. The first kappa shape index (κ1) is 18.0. The van der Waals surface area contributed by atoms with Crippen LogP contribution in [0.15, 0.2) is 97.1 Å². The molecule has 0 radical (unpaired) electrons. The Morgan fingerprint density at radius 3 is 2.14 bits per heavy atom. The third-order valence-corrected chi connectivity index (χ3v) is 8.28. The van der Waals surface area contributed by atoms with Crippen molar-refractivity contribution in [2.75, 3.05) is 0 Å². The predicted molar refractivity (Wildman–Crippen MR) is 144 cm³/mol. The average molecular weight is 445 g/mol. The lowest BCUT2D eigenvalue weighted by Gasteiger charge is -2.12. The van der Waals surface area contributed by atoms with Crippen LogP contribution in [0.25, 0.3) is 60.6 Å². The highest BCUT2D eigenvalue weighted by Gasteiger charge is 2.29. The number of hydrogen-bond donors (Lipinski definition) is 0. The van der Waals surface area contributed by atoms with Crippen LogP contribution in [0.4, 0.5) is 0 Å². The lowest BCUT2D eigenvalue weighted by Crippen LogP contribution is -1.95. The van der Waals surface area contributed by atoms with E-state index in [0.717, 1.165) is 24.0 Å². The van der Waals surface area contributed by atoms with Gasteiger partial charge in [-0.2, -0.15) is 0 Å². The Balaban J connectivity index is 1.39. The standard InChI is InChI=1S/C33H20N2/c1-2-8-20-19(7-1)17-26-21(20)13-14-22-23-15-16-25-32(28(23)18-27(22)26)24-9-3-5-11-30(24)35-31-12-6-4-10-29(31)34-33(25)35/h1-16H,17-18H2. The number of para-hydroxylation sites is 3.